The van der Waals surface area contributed by atoms with Gasteiger partial charge in [-0.25, -0.2) is 8.42 Å². The van der Waals surface area contributed by atoms with Gasteiger partial charge in [-0.15, -0.1) is 0 Å². The van der Waals surface area contributed by atoms with Crippen molar-refractivity contribution in [2.24, 2.45) is 0 Å². The van der Waals surface area contributed by atoms with Crippen molar-refractivity contribution >= 4 is 21.6 Å². The lowest BCUT2D eigenvalue weighted by atomic mass is 10.3. The molecule has 23 heavy (non-hydrogen) atoms. The van der Waals surface area contributed by atoms with Crippen LogP contribution in [0.15, 0.2) is 39.8 Å². The molecule has 1 aromatic carbocycles. The Kier molecular flexibility index (Phi) is 4.72. The average molecular weight is 356 g/mol. The molecule has 6 nitrogen and oxygen atoms in total. The molecule has 1 fully saturated rings. The lowest BCUT2D eigenvalue weighted by Gasteiger charge is -2.33. The molecule has 2 heterocycles. The number of benzene rings is 1. The van der Waals surface area contributed by atoms with E-state index in [1.54, 1.807) is 18.2 Å². The highest BCUT2D eigenvalue weighted by Gasteiger charge is 2.28. The van der Waals surface area contributed by atoms with E-state index in [0.717, 1.165) is 11.5 Å². The topological polar surface area (TPSA) is 66.7 Å². The highest BCUT2D eigenvalue weighted by molar-refractivity contribution is 7.89. The molecule has 0 bridgehead atoms. The van der Waals surface area contributed by atoms with Gasteiger partial charge in [0.1, 0.15) is 5.76 Å². The molecule has 0 saturated carbocycles. The average Bonchev–Trinajstić information content (AvgIpc) is 2.93. The van der Waals surface area contributed by atoms with Crippen LogP contribution in [0.4, 0.5) is 0 Å². The number of aromatic nitrogens is 1. The molecule has 0 aliphatic carbocycles. The number of nitrogens with zero attached hydrogens (tertiary/aromatic N) is 3. The van der Waals surface area contributed by atoms with Gasteiger partial charge in [0.25, 0.3) is 0 Å². The van der Waals surface area contributed by atoms with E-state index in [-0.39, 0.29) is 4.90 Å². The van der Waals surface area contributed by atoms with Crippen LogP contribution in [0.2, 0.25) is 5.02 Å². The van der Waals surface area contributed by atoms with Gasteiger partial charge in [-0.05, 0) is 25.1 Å². The van der Waals surface area contributed by atoms with Gasteiger partial charge in [0, 0.05) is 43.8 Å². The maximum absolute atomic E-state index is 12.6. The van der Waals surface area contributed by atoms with Gasteiger partial charge in [-0.1, -0.05) is 22.8 Å². The Labute approximate surface area is 140 Å². The Morgan fingerprint density at radius 3 is 2.57 bits per heavy atom. The van der Waals surface area contributed by atoms with E-state index in [1.165, 1.54) is 10.4 Å². The number of aryl methyl sites for hydroxylation is 1. The molecule has 3 rings (SSSR count). The predicted octanol–water partition coefficient (Wildman–Crippen LogP) is 2.14. The Morgan fingerprint density at radius 1 is 1.22 bits per heavy atom. The van der Waals surface area contributed by atoms with Crippen molar-refractivity contribution in [3.05, 3.63) is 46.8 Å². The quantitative estimate of drug-likeness (QED) is 0.840. The summed E-state index contributed by atoms with van der Waals surface area (Å²) in [5.74, 6) is 0.780. The summed E-state index contributed by atoms with van der Waals surface area (Å²) in [7, 11) is -3.49. The van der Waals surface area contributed by atoms with Crippen molar-refractivity contribution in [2.45, 2.75) is 18.4 Å². The molecule has 1 aliphatic heterocycles. The highest BCUT2D eigenvalue weighted by Crippen LogP contribution is 2.21. The van der Waals surface area contributed by atoms with Gasteiger partial charge in [0.05, 0.1) is 10.6 Å². The van der Waals surface area contributed by atoms with Gasteiger partial charge < -0.3 is 4.52 Å². The van der Waals surface area contributed by atoms with Crippen LogP contribution in [0.5, 0.6) is 0 Å². The zero-order valence-electron chi connectivity index (χ0n) is 12.8. The zero-order valence-corrected chi connectivity index (χ0v) is 14.3. The lowest BCUT2D eigenvalue weighted by Crippen LogP contribution is -2.48. The molecule has 0 unspecified atom stereocenters. The second kappa shape index (κ2) is 6.60. The van der Waals surface area contributed by atoms with Gasteiger partial charge in [-0.3, -0.25) is 4.90 Å². The molecular formula is C15H18ClN3O3S. The van der Waals surface area contributed by atoms with Crippen LogP contribution in [0.1, 0.15) is 11.5 Å². The van der Waals surface area contributed by atoms with E-state index < -0.39 is 10.0 Å². The summed E-state index contributed by atoms with van der Waals surface area (Å²) in [5, 5.41) is 4.39. The van der Waals surface area contributed by atoms with Crippen LogP contribution in [0.25, 0.3) is 0 Å². The molecule has 0 radical (unpaired) electrons. The van der Waals surface area contributed by atoms with Crippen LogP contribution in [0.3, 0.4) is 0 Å². The van der Waals surface area contributed by atoms with Crippen LogP contribution in [0, 0.1) is 6.92 Å². The maximum Gasteiger partial charge on any atom is 0.243 e. The Morgan fingerprint density at radius 2 is 1.96 bits per heavy atom. The highest BCUT2D eigenvalue weighted by atomic mass is 35.5. The third-order valence-electron chi connectivity index (χ3n) is 3.83. The van der Waals surface area contributed by atoms with E-state index >= 15 is 0 Å². The normalized spacial score (nSPS) is 17.5. The summed E-state index contributed by atoms with van der Waals surface area (Å²) in [6.45, 7) is 4.74. The minimum atomic E-state index is -3.49. The first-order valence-corrected chi connectivity index (χ1v) is 9.17. The van der Waals surface area contributed by atoms with Gasteiger partial charge >= 0.3 is 0 Å². The lowest BCUT2D eigenvalue weighted by molar-refractivity contribution is 0.177. The smallest absolute Gasteiger partial charge is 0.243 e. The van der Waals surface area contributed by atoms with E-state index in [1.807, 2.05) is 13.0 Å². The first-order chi connectivity index (χ1) is 10.9. The number of sulfonamides is 1. The molecule has 8 heteroatoms. The van der Waals surface area contributed by atoms with Gasteiger partial charge in [0.2, 0.25) is 10.0 Å². The molecule has 124 valence electrons. The van der Waals surface area contributed by atoms with Crippen molar-refractivity contribution in [1.82, 2.24) is 14.4 Å². The summed E-state index contributed by atoms with van der Waals surface area (Å²) in [6.07, 6.45) is 0. The van der Waals surface area contributed by atoms with Crippen molar-refractivity contribution in [2.75, 3.05) is 26.2 Å². The minimum absolute atomic E-state index is 0.241. The largest absolute Gasteiger partial charge is 0.361 e. The summed E-state index contributed by atoms with van der Waals surface area (Å²) < 4.78 is 31.8. The number of halogens is 1. The summed E-state index contributed by atoms with van der Waals surface area (Å²) in [5.41, 5.74) is 0.869. The number of piperazine rings is 1. The summed E-state index contributed by atoms with van der Waals surface area (Å²) in [4.78, 5) is 2.41. The molecule has 1 saturated heterocycles. The first-order valence-electron chi connectivity index (χ1n) is 7.35. The molecule has 0 spiro atoms. The molecular weight excluding hydrogens is 338 g/mol. The molecule has 0 N–H and O–H groups in total. The van der Waals surface area contributed by atoms with E-state index in [4.69, 9.17) is 16.1 Å². The monoisotopic (exact) mass is 355 g/mol. The standard InChI is InChI=1S/C15H18ClN3O3S/c1-12-9-14(17-22-12)11-18-5-7-19(8-6-18)23(20,21)15-4-2-3-13(16)10-15/h2-4,9-10H,5-8,11H2,1H3. The molecule has 1 aromatic heterocycles. The Bertz CT molecular complexity index is 783. The number of rotatable bonds is 4. The third kappa shape index (κ3) is 3.74. The van der Waals surface area contributed by atoms with E-state index in [9.17, 15) is 8.42 Å². The fraction of sp³-hybridized carbons (Fsp3) is 0.400. The molecule has 2 aromatic rings. The second-order valence-electron chi connectivity index (χ2n) is 5.57. The van der Waals surface area contributed by atoms with E-state index in [0.29, 0.717) is 37.7 Å². The van der Waals surface area contributed by atoms with Crippen molar-refractivity contribution in [3.8, 4) is 0 Å². The number of hydrogen-bond acceptors (Lipinski definition) is 5. The summed E-state index contributed by atoms with van der Waals surface area (Å²) >= 11 is 5.90. The first kappa shape index (κ1) is 16.4. The maximum atomic E-state index is 12.6. The Hall–Kier alpha value is -1.41. The second-order valence-corrected chi connectivity index (χ2v) is 7.94. The van der Waals surface area contributed by atoms with Gasteiger partial charge in [-0.2, -0.15) is 4.31 Å². The Balaban J connectivity index is 1.64. The van der Waals surface area contributed by atoms with Crippen molar-refractivity contribution in [1.29, 1.82) is 0 Å². The zero-order chi connectivity index (χ0) is 16.4. The molecule has 1 aliphatic rings. The van der Waals surface area contributed by atoms with Gasteiger partial charge in [0.15, 0.2) is 0 Å². The fourth-order valence-corrected chi connectivity index (χ4v) is 4.35. The van der Waals surface area contributed by atoms with Crippen LogP contribution in [-0.4, -0.2) is 49.0 Å². The van der Waals surface area contributed by atoms with Crippen LogP contribution >= 0.6 is 11.6 Å². The van der Waals surface area contributed by atoms with Crippen molar-refractivity contribution in [3.63, 3.8) is 0 Å². The van der Waals surface area contributed by atoms with E-state index in [2.05, 4.69) is 10.1 Å². The van der Waals surface area contributed by atoms with Crippen LogP contribution < -0.4 is 0 Å². The minimum Gasteiger partial charge on any atom is -0.361 e. The number of hydrogen-bond donors (Lipinski definition) is 0. The summed E-state index contributed by atoms with van der Waals surface area (Å²) in [6, 6.07) is 8.28. The van der Waals surface area contributed by atoms with Crippen molar-refractivity contribution < 1.29 is 12.9 Å². The van der Waals surface area contributed by atoms with Crippen LogP contribution in [-0.2, 0) is 16.6 Å². The third-order valence-corrected chi connectivity index (χ3v) is 5.96. The molecule has 0 atom stereocenters. The SMILES string of the molecule is Cc1cc(CN2CCN(S(=O)(=O)c3cccc(Cl)c3)CC2)no1. The molecule has 0 amide bonds. The fourth-order valence-electron chi connectivity index (χ4n) is 2.63. The predicted molar refractivity (Wildman–Crippen MR) is 86.7 cm³/mol.